The van der Waals surface area contributed by atoms with Crippen molar-refractivity contribution in [2.45, 2.75) is 18.8 Å². The van der Waals surface area contributed by atoms with Crippen molar-refractivity contribution in [3.63, 3.8) is 0 Å². The zero-order valence-electron chi connectivity index (χ0n) is 7.69. The van der Waals surface area contributed by atoms with Gasteiger partial charge in [0.15, 0.2) is 0 Å². The van der Waals surface area contributed by atoms with E-state index < -0.39 is 4.92 Å². The Morgan fingerprint density at radius 1 is 1.50 bits per heavy atom. The predicted molar refractivity (Wildman–Crippen MR) is 53.0 cm³/mol. The molecule has 14 heavy (non-hydrogen) atoms. The second kappa shape index (κ2) is 3.25. The minimum absolute atomic E-state index is 0.0874. The lowest BCUT2D eigenvalue weighted by Gasteiger charge is -2.00. The maximum absolute atomic E-state index is 10.6. The average Bonchev–Trinajstić information content (AvgIpc) is 3.00. The molecular weight excluding hydrogens is 178 g/mol. The van der Waals surface area contributed by atoms with Crippen molar-refractivity contribution in [1.82, 2.24) is 0 Å². The van der Waals surface area contributed by atoms with Gasteiger partial charge in [0.2, 0.25) is 0 Å². The first-order valence-corrected chi connectivity index (χ1v) is 4.54. The van der Waals surface area contributed by atoms with Gasteiger partial charge in [-0.25, -0.2) is 0 Å². The highest BCUT2D eigenvalue weighted by molar-refractivity contribution is 5.47. The summed E-state index contributed by atoms with van der Waals surface area (Å²) >= 11 is 0. The van der Waals surface area contributed by atoms with Gasteiger partial charge in [0.25, 0.3) is 5.69 Å². The van der Waals surface area contributed by atoms with Gasteiger partial charge in [-0.15, -0.1) is 0 Å². The summed E-state index contributed by atoms with van der Waals surface area (Å²) in [6.45, 7) is 3.47. The van der Waals surface area contributed by atoms with Gasteiger partial charge in [-0.2, -0.15) is 0 Å². The average molecular weight is 188 g/mol. The van der Waals surface area contributed by atoms with E-state index in [1.807, 2.05) is 12.1 Å². The first-order chi connectivity index (χ1) is 6.72. The summed E-state index contributed by atoms with van der Waals surface area (Å²) < 4.78 is 0. The van der Waals surface area contributed by atoms with Gasteiger partial charge in [-0.3, -0.25) is 10.1 Å². The molecule has 1 aliphatic rings. The molecule has 1 aliphatic carbocycles. The van der Waals surface area contributed by atoms with Crippen LogP contribution in [0.25, 0.3) is 0 Å². The van der Waals surface area contributed by atoms with E-state index in [0.717, 1.165) is 0 Å². The molecule has 1 aromatic carbocycles. The molecule has 0 saturated heterocycles. The Balaban J connectivity index is 2.43. The van der Waals surface area contributed by atoms with Gasteiger partial charge in [0.05, 0.1) is 10.5 Å². The largest absolute Gasteiger partial charge is 0.277 e. The van der Waals surface area contributed by atoms with Crippen LogP contribution in [0.4, 0.5) is 5.69 Å². The predicted octanol–water partition coefficient (Wildman–Crippen LogP) is 2.81. The summed E-state index contributed by atoms with van der Waals surface area (Å²) in [7, 11) is 0. The van der Waals surface area contributed by atoms with Crippen molar-refractivity contribution in [1.29, 1.82) is 0 Å². The highest BCUT2D eigenvalue weighted by Crippen LogP contribution is 2.41. The van der Waals surface area contributed by atoms with Crippen LogP contribution in [0.5, 0.6) is 0 Å². The van der Waals surface area contributed by atoms with Crippen LogP contribution in [0.3, 0.4) is 0 Å². The summed E-state index contributed by atoms with van der Waals surface area (Å²) in [5, 5.41) is 10.6. The van der Waals surface area contributed by atoms with E-state index in [9.17, 15) is 10.1 Å². The van der Waals surface area contributed by atoms with Crippen molar-refractivity contribution in [3.8, 4) is 0 Å². The van der Waals surface area contributed by atoms with Crippen LogP contribution in [0, 0.1) is 16.2 Å². The molecule has 0 aliphatic heterocycles. The van der Waals surface area contributed by atoms with Crippen LogP contribution in [0.2, 0.25) is 0 Å². The molecule has 0 aromatic heterocycles. The Labute approximate surface area is 82.2 Å². The van der Waals surface area contributed by atoms with Crippen molar-refractivity contribution in [2.75, 3.05) is 0 Å². The highest BCUT2D eigenvalue weighted by Gasteiger charge is 2.25. The van der Waals surface area contributed by atoms with Crippen molar-refractivity contribution < 1.29 is 4.92 Å². The number of hydrogen-bond donors (Lipinski definition) is 0. The van der Waals surface area contributed by atoms with Crippen molar-refractivity contribution in [2.24, 2.45) is 0 Å². The fourth-order valence-corrected chi connectivity index (χ4v) is 1.53. The molecule has 3 nitrogen and oxygen atoms in total. The number of nitrogens with zero attached hydrogens (tertiary/aromatic N) is 1. The van der Waals surface area contributed by atoms with Gasteiger partial charge < -0.3 is 0 Å². The van der Waals surface area contributed by atoms with Crippen LogP contribution >= 0.6 is 0 Å². The first-order valence-electron chi connectivity index (χ1n) is 4.54. The Hall–Kier alpha value is -1.64. The smallest absolute Gasteiger partial charge is 0.258 e. The molecule has 0 spiro atoms. The topological polar surface area (TPSA) is 43.1 Å². The second-order valence-corrected chi connectivity index (χ2v) is 3.48. The van der Waals surface area contributed by atoms with E-state index in [2.05, 4.69) is 12.7 Å². The Morgan fingerprint density at radius 2 is 2.21 bits per heavy atom. The van der Waals surface area contributed by atoms with Gasteiger partial charge in [-0.1, -0.05) is 12.6 Å². The molecule has 0 N–H and O–H groups in total. The Bertz CT molecular complexity index is 394. The number of rotatable bonds is 3. The fourth-order valence-electron chi connectivity index (χ4n) is 1.53. The molecule has 2 rings (SSSR count). The monoisotopic (exact) mass is 188 g/mol. The standard InChI is InChI=1S/C11H10NO2/c1-2-8-7-10(9-3-4-9)5-6-11(8)12(13)14/h5-7,9H,1,3-4H2. The summed E-state index contributed by atoms with van der Waals surface area (Å²) in [5.41, 5.74) is 1.76. The lowest BCUT2D eigenvalue weighted by Crippen LogP contribution is -1.93. The fraction of sp³-hybridized carbons (Fsp3) is 0.273. The van der Waals surface area contributed by atoms with E-state index in [1.54, 1.807) is 6.07 Å². The molecule has 0 unspecified atom stereocenters. The van der Waals surface area contributed by atoms with E-state index in [0.29, 0.717) is 11.5 Å². The molecule has 0 amide bonds. The third-order valence-corrected chi connectivity index (χ3v) is 2.46. The third-order valence-electron chi connectivity index (χ3n) is 2.46. The van der Waals surface area contributed by atoms with E-state index in [-0.39, 0.29) is 5.69 Å². The first kappa shape index (κ1) is 8.94. The number of nitro groups is 1. The molecule has 1 aromatic rings. The highest BCUT2D eigenvalue weighted by atomic mass is 16.6. The molecule has 71 valence electrons. The Morgan fingerprint density at radius 3 is 2.71 bits per heavy atom. The molecule has 0 heterocycles. The van der Waals surface area contributed by atoms with E-state index in [4.69, 9.17) is 0 Å². The minimum Gasteiger partial charge on any atom is -0.258 e. The quantitative estimate of drug-likeness (QED) is 0.540. The Kier molecular flexibility index (Phi) is 2.08. The number of hydrogen-bond acceptors (Lipinski definition) is 2. The van der Waals surface area contributed by atoms with E-state index >= 15 is 0 Å². The lowest BCUT2D eigenvalue weighted by molar-refractivity contribution is -0.385. The van der Waals surface area contributed by atoms with Gasteiger partial charge in [0.1, 0.15) is 0 Å². The van der Waals surface area contributed by atoms with Crippen LogP contribution in [-0.4, -0.2) is 4.92 Å². The molecular formula is C11H10NO2. The lowest BCUT2D eigenvalue weighted by atomic mass is 10.1. The number of nitro benzene ring substituents is 1. The summed E-state index contributed by atoms with van der Waals surface area (Å²) in [6, 6.07) is 5.20. The van der Waals surface area contributed by atoms with Gasteiger partial charge in [0, 0.05) is 6.07 Å². The van der Waals surface area contributed by atoms with Crippen molar-refractivity contribution >= 4 is 5.69 Å². The zero-order valence-corrected chi connectivity index (χ0v) is 7.69. The third kappa shape index (κ3) is 1.53. The number of benzene rings is 1. The zero-order chi connectivity index (χ0) is 10.1. The maximum Gasteiger partial charge on any atom is 0.277 e. The van der Waals surface area contributed by atoms with Crippen LogP contribution < -0.4 is 0 Å². The molecule has 0 bridgehead atoms. The molecule has 1 saturated carbocycles. The van der Waals surface area contributed by atoms with Gasteiger partial charge >= 0.3 is 0 Å². The SMILES string of the molecule is C=[C]c1cc(C2CC2)ccc1[N+](=O)[O-]. The minimum atomic E-state index is -0.399. The summed E-state index contributed by atoms with van der Waals surface area (Å²) in [6.07, 6.45) is 4.99. The van der Waals surface area contributed by atoms with Crippen LogP contribution in [-0.2, 0) is 0 Å². The van der Waals surface area contributed by atoms with Gasteiger partial charge in [-0.05, 0) is 36.5 Å². The van der Waals surface area contributed by atoms with Crippen molar-refractivity contribution in [3.05, 3.63) is 52.1 Å². The summed E-state index contributed by atoms with van der Waals surface area (Å²) in [4.78, 5) is 10.2. The van der Waals surface area contributed by atoms with Crippen LogP contribution in [0.15, 0.2) is 24.8 Å². The normalized spacial score (nSPS) is 15.1. The molecule has 3 heteroatoms. The second-order valence-electron chi connectivity index (χ2n) is 3.48. The molecule has 1 radical (unpaired) electrons. The molecule has 0 atom stereocenters. The maximum atomic E-state index is 10.6. The van der Waals surface area contributed by atoms with Crippen LogP contribution in [0.1, 0.15) is 29.9 Å². The summed E-state index contributed by atoms with van der Waals surface area (Å²) in [5.74, 6) is 0.600. The molecule has 1 fully saturated rings. The van der Waals surface area contributed by atoms with E-state index in [1.165, 1.54) is 18.4 Å².